The fourth-order valence-electron chi connectivity index (χ4n) is 3.47. The molecule has 1 aliphatic rings. The van der Waals surface area contributed by atoms with Gasteiger partial charge in [-0.25, -0.2) is 0 Å². The van der Waals surface area contributed by atoms with Crippen LogP contribution in [0.15, 0.2) is 54.7 Å². The lowest BCUT2D eigenvalue weighted by atomic mass is 10.1. The molecule has 3 aromatic rings. The molecular weight excluding hydrogens is 328 g/mol. The van der Waals surface area contributed by atoms with Gasteiger partial charge >= 0.3 is 0 Å². The van der Waals surface area contributed by atoms with Gasteiger partial charge in [0.15, 0.2) is 0 Å². The van der Waals surface area contributed by atoms with E-state index in [1.807, 2.05) is 42.5 Å². The second kappa shape index (κ2) is 6.65. The minimum atomic E-state index is -0.206. The summed E-state index contributed by atoms with van der Waals surface area (Å²) in [5.74, 6) is 0.529. The van der Waals surface area contributed by atoms with Gasteiger partial charge in [0.25, 0.3) is 5.91 Å². The SMILES string of the molecule is COc1cccc(-c2[nH]ncc2C(=O)N[C@H]2Cc3ccccc3[C@@H]2N)c1. The van der Waals surface area contributed by atoms with Gasteiger partial charge in [-0.1, -0.05) is 36.4 Å². The molecule has 1 heterocycles. The lowest BCUT2D eigenvalue weighted by Crippen LogP contribution is -2.40. The molecule has 0 unspecified atom stereocenters. The second-order valence-corrected chi connectivity index (χ2v) is 6.40. The average Bonchev–Trinajstić information content (AvgIpc) is 3.28. The molecule has 6 heteroatoms. The largest absolute Gasteiger partial charge is 0.497 e. The first-order chi connectivity index (χ1) is 12.7. The Morgan fingerprint density at radius 3 is 2.92 bits per heavy atom. The number of nitrogens with two attached hydrogens (primary N) is 1. The Morgan fingerprint density at radius 2 is 2.12 bits per heavy atom. The van der Waals surface area contributed by atoms with Gasteiger partial charge in [0.1, 0.15) is 5.75 Å². The van der Waals surface area contributed by atoms with E-state index in [9.17, 15) is 4.79 Å². The van der Waals surface area contributed by atoms with Crippen LogP contribution in [0.5, 0.6) is 5.75 Å². The molecule has 0 fully saturated rings. The van der Waals surface area contributed by atoms with Gasteiger partial charge in [-0.2, -0.15) is 5.10 Å². The van der Waals surface area contributed by atoms with E-state index in [-0.39, 0.29) is 18.0 Å². The van der Waals surface area contributed by atoms with Crippen LogP contribution >= 0.6 is 0 Å². The highest BCUT2D eigenvalue weighted by molar-refractivity contribution is 6.00. The molecule has 1 aliphatic carbocycles. The van der Waals surface area contributed by atoms with E-state index in [1.54, 1.807) is 7.11 Å². The molecule has 0 aliphatic heterocycles. The number of carbonyl (C=O) groups excluding carboxylic acids is 1. The molecule has 2 atom stereocenters. The summed E-state index contributed by atoms with van der Waals surface area (Å²) in [6.45, 7) is 0. The lowest BCUT2D eigenvalue weighted by molar-refractivity contribution is 0.0934. The van der Waals surface area contributed by atoms with Crippen LogP contribution in [0.4, 0.5) is 0 Å². The third-order valence-corrected chi connectivity index (χ3v) is 4.85. The fraction of sp³-hybridized carbons (Fsp3) is 0.200. The summed E-state index contributed by atoms with van der Waals surface area (Å²) in [5.41, 5.74) is 10.6. The van der Waals surface area contributed by atoms with Crippen molar-refractivity contribution >= 4 is 5.91 Å². The van der Waals surface area contributed by atoms with Crippen LogP contribution in [0.2, 0.25) is 0 Å². The smallest absolute Gasteiger partial charge is 0.255 e. The molecular formula is C20H20N4O2. The molecule has 0 saturated heterocycles. The van der Waals surface area contributed by atoms with Crippen molar-refractivity contribution in [3.05, 3.63) is 71.4 Å². The van der Waals surface area contributed by atoms with Crippen LogP contribution in [0.25, 0.3) is 11.3 Å². The maximum Gasteiger partial charge on any atom is 0.255 e. The number of amides is 1. The van der Waals surface area contributed by atoms with Crippen molar-refractivity contribution in [1.29, 1.82) is 0 Å². The van der Waals surface area contributed by atoms with Crippen molar-refractivity contribution < 1.29 is 9.53 Å². The number of ether oxygens (including phenoxy) is 1. The molecule has 1 aromatic heterocycles. The lowest BCUT2D eigenvalue weighted by Gasteiger charge is -2.18. The first-order valence-corrected chi connectivity index (χ1v) is 8.49. The van der Waals surface area contributed by atoms with Gasteiger partial charge in [0, 0.05) is 5.56 Å². The number of hydrogen-bond donors (Lipinski definition) is 3. The van der Waals surface area contributed by atoms with E-state index in [0.717, 1.165) is 23.3 Å². The first kappa shape index (κ1) is 16.4. The number of aromatic amines is 1. The summed E-state index contributed by atoms with van der Waals surface area (Å²) in [6.07, 6.45) is 2.27. The molecule has 4 N–H and O–H groups in total. The van der Waals surface area contributed by atoms with Crippen LogP contribution in [0.3, 0.4) is 0 Å². The average molecular weight is 348 g/mol. The van der Waals surface area contributed by atoms with Gasteiger partial charge in [-0.3, -0.25) is 9.89 Å². The van der Waals surface area contributed by atoms with Crippen molar-refractivity contribution in [3.63, 3.8) is 0 Å². The van der Waals surface area contributed by atoms with E-state index in [4.69, 9.17) is 10.5 Å². The summed E-state index contributed by atoms with van der Waals surface area (Å²) < 4.78 is 5.26. The molecule has 1 amide bonds. The van der Waals surface area contributed by atoms with Crippen molar-refractivity contribution in [2.75, 3.05) is 7.11 Å². The third kappa shape index (κ3) is 2.84. The molecule has 0 radical (unpaired) electrons. The third-order valence-electron chi connectivity index (χ3n) is 4.85. The zero-order valence-electron chi connectivity index (χ0n) is 14.4. The van der Waals surface area contributed by atoms with Gasteiger partial charge in [-0.05, 0) is 29.7 Å². The second-order valence-electron chi connectivity index (χ2n) is 6.40. The predicted molar refractivity (Wildman–Crippen MR) is 98.9 cm³/mol. The van der Waals surface area contributed by atoms with E-state index in [0.29, 0.717) is 11.3 Å². The Hall–Kier alpha value is -3.12. The Morgan fingerprint density at radius 1 is 1.27 bits per heavy atom. The molecule has 132 valence electrons. The maximum absolute atomic E-state index is 12.8. The zero-order valence-corrected chi connectivity index (χ0v) is 14.4. The molecule has 0 spiro atoms. The standard InChI is InChI=1S/C20H20N4O2/c1-26-14-7-4-6-13(9-14)19-16(11-22-24-19)20(25)23-17-10-12-5-2-3-8-15(12)18(17)21/h2-9,11,17-18H,10,21H2,1H3,(H,22,24)(H,23,25)/t17-,18-/m0/s1. The normalized spacial score (nSPS) is 18.4. The monoisotopic (exact) mass is 348 g/mol. The Kier molecular flexibility index (Phi) is 4.18. The summed E-state index contributed by atoms with van der Waals surface area (Å²) >= 11 is 0. The highest BCUT2D eigenvalue weighted by Crippen LogP contribution is 2.30. The van der Waals surface area contributed by atoms with Gasteiger partial charge in [0.05, 0.1) is 36.6 Å². The van der Waals surface area contributed by atoms with E-state index in [2.05, 4.69) is 21.6 Å². The molecule has 26 heavy (non-hydrogen) atoms. The van der Waals surface area contributed by atoms with Crippen LogP contribution < -0.4 is 15.8 Å². The molecule has 0 saturated carbocycles. The zero-order chi connectivity index (χ0) is 18.1. The van der Waals surface area contributed by atoms with Crippen LogP contribution in [0, 0.1) is 0 Å². The number of nitrogens with one attached hydrogen (secondary N) is 2. The number of nitrogens with zero attached hydrogens (tertiary/aromatic N) is 1. The Balaban J connectivity index is 1.56. The number of methoxy groups -OCH3 is 1. The highest BCUT2D eigenvalue weighted by Gasteiger charge is 2.31. The number of hydrogen-bond acceptors (Lipinski definition) is 4. The number of H-pyrrole nitrogens is 1. The molecule has 4 rings (SSSR count). The van der Waals surface area contributed by atoms with Crippen molar-refractivity contribution in [3.8, 4) is 17.0 Å². The van der Waals surface area contributed by atoms with Crippen LogP contribution in [-0.2, 0) is 6.42 Å². The van der Waals surface area contributed by atoms with Gasteiger partial charge < -0.3 is 15.8 Å². The molecule has 2 aromatic carbocycles. The quantitative estimate of drug-likeness (QED) is 0.675. The maximum atomic E-state index is 12.8. The van der Waals surface area contributed by atoms with Crippen LogP contribution in [-0.4, -0.2) is 29.3 Å². The number of fused-ring (bicyclic) bond motifs is 1. The summed E-state index contributed by atoms with van der Waals surface area (Å²) in [7, 11) is 1.61. The Labute approximate surface area is 151 Å². The molecule has 6 nitrogen and oxygen atoms in total. The van der Waals surface area contributed by atoms with Gasteiger partial charge in [-0.15, -0.1) is 0 Å². The number of aromatic nitrogens is 2. The van der Waals surface area contributed by atoms with Crippen molar-refractivity contribution in [1.82, 2.24) is 15.5 Å². The topological polar surface area (TPSA) is 93.0 Å². The Bertz CT molecular complexity index is 950. The number of rotatable bonds is 4. The van der Waals surface area contributed by atoms with E-state index >= 15 is 0 Å². The van der Waals surface area contributed by atoms with Crippen LogP contribution in [0.1, 0.15) is 27.5 Å². The summed E-state index contributed by atoms with van der Waals surface area (Å²) in [5, 5.41) is 10.0. The summed E-state index contributed by atoms with van der Waals surface area (Å²) in [6, 6.07) is 15.2. The van der Waals surface area contributed by atoms with E-state index < -0.39 is 0 Å². The molecule has 0 bridgehead atoms. The summed E-state index contributed by atoms with van der Waals surface area (Å²) in [4.78, 5) is 12.8. The van der Waals surface area contributed by atoms with Crippen molar-refractivity contribution in [2.24, 2.45) is 5.73 Å². The fourth-order valence-corrected chi connectivity index (χ4v) is 3.47. The first-order valence-electron chi connectivity index (χ1n) is 8.49. The van der Waals surface area contributed by atoms with Gasteiger partial charge in [0.2, 0.25) is 0 Å². The van der Waals surface area contributed by atoms with E-state index in [1.165, 1.54) is 11.8 Å². The number of carbonyl (C=O) groups is 1. The van der Waals surface area contributed by atoms with Crippen molar-refractivity contribution in [2.45, 2.75) is 18.5 Å². The number of benzene rings is 2. The minimum Gasteiger partial charge on any atom is -0.497 e. The minimum absolute atomic E-state index is 0.132. The highest BCUT2D eigenvalue weighted by atomic mass is 16.5. The predicted octanol–water partition coefficient (Wildman–Crippen LogP) is 2.44.